The molecule has 0 aliphatic heterocycles. The molecule has 2 rings (SSSR count). The monoisotopic (exact) mass is 268 g/mol. The lowest BCUT2D eigenvalue weighted by Crippen LogP contribution is -2.31. The van der Waals surface area contributed by atoms with Gasteiger partial charge in [-0.2, -0.15) is 0 Å². The zero-order chi connectivity index (χ0) is 13.5. The zero-order valence-electron chi connectivity index (χ0n) is 11.1. The van der Waals surface area contributed by atoms with E-state index >= 15 is 0 Å². The van der Waals surface area contributed by atoms with Crippen molar-refractivity contribution in [2.75, 3.05) is 23.9 Å². The second-order valence-electron chi connectivity index (χ2n) is 5.15. The number of benzene rings is 1. The molecule has 0 saturated heterocycles. The van der Waals surface area contributed by atoms with Gasteiger partial charge in [-0.05, 0) is 37.8 Å². The van der Waals surface area contributed by atoms with Gasteiger partial charge in [-0.1, -0.05) is 6.07 Å². The van der Waals surface area contributed by atoms with Crippen LogP contribution in [0.1, 0.15) is 19.8 Å². The minimum Gasteiger partial charge on any atom is -0.396 e. The van der Waals surface area contributed by atoms with Gasteiger partial charge in [-0.25, -0.2) is 8.42 Å². The van der Waals surface area contributed by atoms with Crippen molar-refractivity contribution in [2.45, 2.75) is 30.7 Å². The van der Waals surface area contributed by atoms with Crippen molar-refractivity contribution < 1.29 is 8.42 Å². The Balaban J connectivity index is 2.39. The van der Waals surface area contributed by atoms with Crippen molar-refractivity contribution in [3.63, 3.8) is 0 Å². The predicted octanol–water partition coefficient (Wildman–Crippen LogP) is 1.91. The van der Waals surface area contributed by atoms with Crippen LogP contribution in [0.15, 0.2) is 23.1 Å². The summed E-state index contributed by atoms with van der Waals surface area (Å²) >= 11 is 0. The highest BCUT2D eigenvalue weighted by Gasteiger charge is 2.31. The standard InChI is InChI=1S/C13H20N2O2S/c1-9(10-7-8-10)15(2)11-5-4-6-12(13(11)14)18(3,16)17/h4-6,9-10H,7-8,14H2,1-3H3. The molecule has 0 aromatic heterocycles. The van der Waals surface area contributed by atoms with Crippen molar-refractivity contribution in [2.24, 2.45) is 5.92 Å². The lowest BCUT2D eigenvalue weighted by Gasteiger charge is -2.28. The number of anilines is 2. The first-order valence-electron chi connectivity index (χ1n) is 6.13. The Morgan fingerprint density at radius 1 is 1.39 bits per heavy atom. The second kappa shape index (κ2) is 4.46. The Morgan fingerprint density at radius 2 is 2.00 bits per heavy atom. The van der Waals surface area contributed by atoms with Crippen molar-refractivity contribution in [3.8, 4) is 0 Å². The van der Waals surface area contributed by atoms with Gasteiger partial charge in [0.1, 0.15) is 0 Å². The Hall–Kier alpha value is -1.23. The quantitative estimate of drug-likeness (QED) is 0.847. The fourth-order valence-electron chi connectivity index (χ4n) is 2.28. The van der Waals surface area contributed by atoms with Gasteiger partial charge in [0.25, 0.3) is 0 Å². The van der Waals surface area contributed by atoms with Crippen LogP contribution in [0.5, 0.6) is 0 Å². The molecule has 0 bridgehead atoms. The normalized spacial score (nSPS) is 17.5. The predicted molar refractivity (Wildman–Crippen MR) is 74.6 cm³/mol. The number of nitrogen functional groups attached to an aromatic ring is 1. The van der Waals surface area contributed by atoms with E-state index in [1.807, 2.05) is 13.1 Å². The maximum atomic E-state index is 11.6. The molecule has 0 radical (unpaired) electrons. The Kier molecular flexibility index (Phi) is 3.27. The fraction of sp³-hybridized carbons (Fsp3) is 0.538. The Labute approximate surface area is 109 Å². The molecule has 1 aromatic carbocycles. The summed E-state index contributed by atoms with van der Waals surface area (Å²) in [5.74, 6) is 0.705. The molecule has 0 spiro atoms. The summed E-state index contributed by atoms with van der Waals surface area (Å²) < 4.78 is 23.3. The van der Waals surface area contributed by atoms with E-state index in [1.54, 1.807) is 12.1 Å². The molecule has 1 aliphatic carbocycles. The smallest absolute Gasteiger partial charge is 0.177 e. The van der Waals surface area contributed by atoms with Crippen LogP contribution in [0.2, 0.25) is 0 Å². The first kappa shape index (κ1) is 13.2. The minimum absolute atomic E-state index is 0.217. The molecule has 1 aliphatic rings. The largest absolute Gasteiger partial charge is 0.396 e. The number of nitrogens with two attached hydrogens (primary N) is 1. The van der Waals surface area contributed by atoms with E-state index < -0.39 is 9.84 Å². The summed E-state index contributed by atoms with van der Waals surface area (Å²) in [7, 11) is -1.30. The molecule has 1 fully saturated rings. The van der Waals surface area contributed by atoms with E-state index in [1.165, 1.54) is 19.1 Å². The van der Waals surface area contributed by atoms with Gasteiger partial charge in [0.15, 0.2) is 9.84 Å². The molecule has 18 heavy (non-hydrogen) atoms. The third-order valence-corrected chi connectivity index (χ3v) is 4.89. The molecular formula is C13H20N2O2S. The molecule has 5 heteroatoms. The second-order valence-corrected chi connectivity index (χ2v) is 7.13. The first-order valence-corrected chi connectivity index (χ1v) is 8.03. The molecule has 100 valence electrons. The van der Waals surface area contributed by atoms with Crippen LogP contribution in [0, 0.1) is 5.92 Å². The van der Waals surface area contributed by atoms with Gasteiger partial charge in [-0.15, -0.1) is 0 Å². The molecule has 1 aromatic rings. The van der Waals surface area contributed by atoms with E-state index in [-0.39, 0.29) is 4.90 Å². The van der Waals surface area contributed by atoms with E-state index in [0.717, 1.165) is 5.69 Å². The number of para-hydroxylation sites is 1. The third kappa shape index (κ3) is 2.46. The summed E-state index contributed by atoms with van der Waals surface area (Å²) in [5, 5.41) is 0. The Bertz CT molecular complexity index is 550. The molecule has 0 heterocycles. The SMILES string of the molecule is CC(C1CC1)N(C)c1cccc(S(C)(=O)=O)c1N. The highest BCUT2D eigenvalue weighted by atomic mass is 32.2. The van der Waals surface area contributed by atoms with Crippen molar-refractivity contribution in [1.82, 2.24) is 0 Å². The number of rotatable bonds is 4. The molecule has 4 nitrogen and oxygen atoms in total. The number of hydrogen-bond acceptors (Lipinski definition) is 4. The molecular weight excluding hydrogens is 248 g/mol. The molecule has 1 saturated carbocycles. The minimum atomic E-state index is -3.27. The summed E-state index contributed by atoms with van der Waals surface area (Å²) in [6.45, 7) is 2.16. The van der Waals surface area contributed by atoms with Gasteiger partial charge in [0.05, 0.1) is 16.3 Å². The molecule has 1 unspecified atom stereocenters. The fourth-order valence-corrected chi connectivity index (χ4v) is 3.11. The summed E-state index contributed by atoms with van der Waals surface area (Å²) in [6.07, 6.45) is 3.68. The topological polar surface area (TPSA) is 63.4 Å². The van der Waals surface area contributed by atoms with Crippen LogP contribution in [0.4, 0.5) is 11.4 Å². The maximum absolute atomic E-state index is 11.6. The van der Waals surface area contributed by atoms with Crippen molar-refractivity contribution in [1.29, 1.82) is 0 Å². The van der Waals surface area contributed by atoms with Crippen LogP contribution in [0.3, 0.4) is 0 Å². The average Bonchev–Trinajstić information content (AvgIpc) is 3.09. The molecule has 1 atom stereocenters. The molecule has 2 N–H and O–H groups in total. The van der Waals surface area contributed by atoms with E-state index in [0.29, 0.717) is 17.6 Å². The number of hydrogen-bond donors (Lipinski definition) is 1. The van der Waals surface area contributed by atoms with Gasteiger partial charge >= 0.3 is 0 Å². The highest BCUT2D eigenvalue weighted by molar-refractivity contribution is 7.90. The van der Waals surface area contributed by atoms with E-state index in [4.69, 9.17) is 5.73 Å². The van der Waals surface area contributed by atoms with Crippen LogP contribution in [-0.2, 0) is 9.84 Å². The first-order chi connectivity index (χ1) is 8.32. The highest BCUT2D eigenvalue weighted by Crippen LogP contribution is 2.38. The average molecular weight is 268 g/mol. The summed E-state index contributed by atoms with van der Waals surface area (Å²) in [4.78, 5) is 2.30. The van der Waals surface area contributed by atoms with Gasteiger partial charge in [0, 0.05) is 19.3 Å². The number of nitrogens with zero attached hydrogens (tertiary/aromatic N) is 1. The lowest BCUT2D eigenvalue weighted by molar-refractivity contribution is 0.600. The van der Waals surface area contributed by atoms with Crippen LogP contribution >= 0.6 is 0 Å². The van der Waals surface area contributed by atoms with Crippen LogP contribution in [0.25, 0.3) is 0 Å². The van der Waals surface area contributed by atoms with E-state index in [9.17, 15) is 8.42 Å². The molecule has 0 amide bonds. The summed E-state index contributed by atoms with van der Waals surface area (Å²) in [6, 6.07) is 5.58. The van der Waals surface area contributed by atoms with Gasteiger partial charge in [-0.3, -0.25) is 0 Å². The summed E-state index contributed by atoms with van der Waals surface area (Å²) in [5.41, 5.74) is 7.17. The van der Waals surface area contributed by atoms with Gasteiger partial charge in [0.2, 0.25) is 0 Å². The van der Waals surface area contributed by atoms with Crippen molar-refractivity contribution in [3.05, 3.63) is 18.2 Å². The van der Waals surface area contributed by atoms with Crippen LogP contribution < -0.4 is 10.6 Å². The van der Waals surface area contributed by atoms with Crippen molar-refractivity contribution >= 4 is 21.2 Å². The van der Waals surface area contributed by atoms with Crippen LogP contribution in [-0.4, -0.2) is 27.8 Å². The zero-order valence-corrected chi connectivity index (χ0v) is 11.9. The lowest BCUT2D eigenvalue weighted by atomic mass is 10.1. The van der Waals surface area contributed by atoms with Gasteiger partial charge < -0.3 is 10.6 Å². The third-order valence-electron chi connectivity index (χ3n) is 3.74. The number of sulfone groups is 1. The Morgan fingerprint density at radius 3 is 2.50 bits per heavy atom. The maximum Gasteiger partial charge on any atom is 0.177 e. The van der Waals surface area contributed by atoms with E-state index in [2.05, 4.69) is 11.8 Å².